The summed E-state index contributed by atoms with van der Waals surface area (Å²) in [6, 6.07) is 0. The zero-order valence-corrected chi connectivity index (χ0v) is 16.1. The maximum atomic E-state index is 6.65. The Hall–Kier alpha value is 0.974. The minimum Gasteiger partial charge on any atom is -0.455 e. The summed E-state index contributed by atoms with van der Waals surface area (Å²) in [6.45, 7) is 17.9. The normalized spacial score (nSPS) is 15.2. The molecule has 0 amide bonds. The van der Waals surface area contributed by atoms with Crippen molar-refractivity contribution in [2.24, 2.45) is 0 Å². The Labute approximate surface area is 119 Å². The van der Waals surface area contributed by atoms with Gasteiger partial charge < -0.3 is 4.12 Å². The van der Waals surface area contributed by atoms with Gasteiger partial charge in [0.1, 0.15) is 0 Å². The van der Waals surface area contributed by atoms with Crippen molar-refractivity contribution in [2.45, 2.75) is 64.0 Å². The Morgan fingerprint density at radius 3 is 1.18 bits per heavy atom. The molecule has 104 valence electrons. The van der Waals surface area contributed by atoms with Gasteiger partial charge in [-0.3, -0.25) is 0 Å². The summed E-state index contributed by atoms with van der Waals surface area (Å²) in [5.74, 6) is 1.30. The first kappa shape index (κ1) is 18.0. The first-order valence-electron chi connectivity index (χ1n) is 6.15. The maximum absolute atomic E-state index is 6.65. The van der Waals surface area contributed by atoms with E-state index in [2.05, 4.69) is 53.9 Å². The fraction of sp³-hybridized carbons (Fsp3) is 1.00. The summed E-state index contributed by atoms with van der Waals surface area (Å²) in [5.41, 5.74) is 0. The molecule has 17 heavy (non-hydrogen) atoms. The van der Waals surface area contributed by atoms with Crippen LogP contribution in [0.4, 0.5) is 0 Å². The number of rotatable bonds is 6. The zero-order valence-electron chi connectivity index (χ0n) is 12.6. The molecule has 0 atom stereocenters. The van der Waals surface area contributed by atoms with Gasteiger partial charge >= 0.3 is 0 Å². The predicted octanol–water partition coefficient (Wildman–Crippen LogP) is 5.45. The standard InChI is InChI=1S/C12H28Cl2OSi2/c1-11(2,9-13)16(5,6)15-17(7,8)12(3,4)10-14/h9-10H2,1-8H3. The van der Waals surface area contributed by atoms with Crippen LogP contribution in [0.3, 0.4) is 0 Å². The Morgan fingerprint density at radius 2 is 1.00 bits per heavy atom. The van der Waals surface area contributed by atoms with Gasteiger partial charge in [-0.15, -0.1) is 23.2 Å². The highest BCUT2D eigenvalue weighted by Crippen LogP contribution is 2.46. The SMILES string of the molecule is CC(C)(CCl)[Si](C)(C)O[Si](C)(C)C(C)(C)CCl. The smallest absolute Gasteiger partial charge is 0.180 e. The first-order chi connectivity index (χ1) is 7.33. The summed E-state index contributed by atoms with van der Waals surface area (Å²) >= 11 is 12.2. The molecule has 0 spiro atoms. The monoisotopic (exact) mass is 314 g/mol. The third-order valence-corrected chi connectivity index (χ3v) is 17.2. The molecule has 0 aromatic rings. The van der Waals surface area contributed by atoms with E-state index in [1.165, 1.54) is 0 Å². The second-order valence-corrected chi connectivity index (χ2v) is 17.3. The molecule has 0 unspecified atom stereocenters. The van der Waals surface area contributed by atoms with Crippen molar-refractivity contribution in [3.8, 4) is 0 Å². The van der Waals surface area contributed by atoms with Gasteiger partial charge in [0.2, 0.25) is 0 Å². The van der Waals surface area contributed by atoms with Gasteiger partial charge in [0, 0.05) is 11.8 Å². The highest BCUT2D eigenvalue weighted by Gasteiger charge is 2.49. The Kier molecular flexibility index (Phi) is 5.85. The molecule has 0 rings (SSSR count). The molecule has 1 nitrogen and oxygen atoms in total. The molecular formula is C12H28Cl2OSi2. The summed E-state index contributed by atoms with van der Waals surface area (Å²) in [7, 11) is -3.64. The molecule has 0 fully saturated rings. The Morgan fingerprint density at radius 1 is 0.765 bits per heavy atom. The van der Waals surface area contributed by atoms with Crippen LogP contribution in [0.15, 0.2) is 0 Å². The van der Waals surface area contributed by atoms with E-state index in [9.17, 15) is 0 Å². The fourth-order valence-corrected chi connectivity index (χ4v) is 11.1. The fourth-order valence-electron chi connectivity index (χ4n) is 1.24. The molecule has 0 aliphatic rings. The van der Waals surface area contributed by atoms with E-state index < -0.39 is 16.6 Å². The van der Waals surface area contributed by atoms with Crippen molar-refractivity contribution in [1.29, 1.82) is 0 Å². The van der Waals surface area contributed by atoms with Crippen molar-refractivity contribution in [3.63, 3.8) is 0 Å². The third-order valence-electron chi connectivity index (χ3n) is 4.44. The van der Waals surface area contributed by atoms with Crippen molar-refractivity contribution >= 4 is 39.8 Å². The van der Waals surface area contributed by atoms with E-state index in [4.69, 9.17) is 27.3 Å². The summed E-state index contributed by atoms with van der Waals surface area (Å²) in [5, 5.41) is 0.169. The molecule has 0 radical (unpaired) electrons. The molecule has 0 heterocycles. The highest BCUT2D eigenvalue weighted by molar-refractivity contribution is 6.88. The molecule has 0 aromatic carbocycles. The van der Waals surface area contributed by atoms with Crippen molar-refractivity contribution in [2.75, 3.05) is 11.8 Å². The van der Waals surface area contributed by atoms with E-state index in [0.29, 0.717) is 11.8 Å². The van der Waals surface area contributed by atoms with Gasteiger partial charge in [0.15, 0.2) is 16.6 Å². The number of halogens is 2. The Bertz CT molecular complexity index is 237. The van der Waals surface area contributed by atoms with Gasteiger partial charge in [0.25, 0.3) is 0 Å². The highest BCUT2D eigenvalue weighted by atomic mass is 35.5. The lowest BCUT2D eigenvalue weighted by Gasteiger charge is -2.48. The van der Waals surface area contributed by atoms with Crippen molar-refractivity contribution < 1.29 is 4.12 Å². The van der Waals surface area contributed by atoms with Crippen LogP contribution in [-0.2, 0) is 4.12 Å². The van der Waals surface area contributed by atoms with Crippen LogP contribution in [0.5, 0.6) is 0 Å². The quantitative estimate of drug-likeness (QED) is 0.468. The second kappa shape index (κ2) is 5.53. The topological polar surface area (TPSA) is 9.23 Å². The number of alkyl halides is 2. The van der Waals surface area contributed by atoms with Crippen LogP contribution >= 0.6 is 23.2 Å². The minimum absolute atomic E-state index is 0.0845. The van der Waals surface area contributed by atoms with Crippen LogP contribution in [0.1, 0.15) is 27.7 Å². The van der Waals surface area contributed by atoms with E-state index >= 15 is 0 Å². The molecule has 0 saturated heterocycles. The molecule has 0 aliphatic carbocycles. The first-order valence-corrected chi connectivity index (χ1v) is 13.0. The van der Waals surface area contributed by atoms with Crippen LogP contribution in [0, 0.1) is 0 Å². The van der Waals surface area contributed by atoms with E-state index in [1.54, 1.807) is 0 Å². The third kappa shape index (κ3) is 3.97. The lowest BCUT2D eigenvalue weighted by atomic mass is 10.2. The largest absolute Gasteiger partial charge is 0.455 e. The van der Waals surface area contributed by atoms with Crippen LogP contribution in [-0.4, -0.2) is 28.4 Å². The van der Waals surface area contributed by atoms with Crippen LogP contribution < -0.4 is 0 Å². The van der Waals surface area contributed by atoms with Gasteiger partial charge in [-0.2, -0.15) is 0 Å². The van der Waals surface area contributed by atoms with Gasteiger partial charge in [0.05, 0.1) is 0 Å². The Balaban J connectivity index is 5.07. The van der Waals surface area contributed by atoms with E-state index in [-0.39, 0.29) is 10.1 Å². The predicted molar refractivity (Wildman–Crippen MR) is 85.6 cm³/mol. The second-order valence-electron chi connectivity index (χ2n) is 7.16. The molecule has 0 aliphatic heterocycles. The van der Waals surface area contributed by atoms with Crippen LogP contribution in [0.25, 0.3) is 0 Å². The van der Waals surface area contributed by atoms with Crippen LogP contribution in [0.2, 0.25) is 36.3 Å². The average Bonchev–Trinajstić information content (AvgIpc) is 2.15. The van der Waals surface area contributed by atoms with Gasteiger partial charge in [-0.25, -0.2) is 0 Å². The lowest BCUT2D eigenvalue weighted by molar-refractivity contribution is 0.452. The zero-order chi connectivity index (χ0) is 14.1. The minimum atomic E-state index is -1.82. The molecule has 0 bridgehead atoms. The summed E-state index contributed by atoms with van der Waals surface area (Å²) in [6.07, 6.45) is 0. The maximum Gasteiger partial charge on any atom is 0.180 e. The number of hydrogen-bond acceptors (Lipinski definition) is 1. The van der Waals surface area contributed by atoms with Crippen molar-refractivity contribution in [3.05, 3.63) is 0 Å². The van der Waals surface area contributed by atoms with Gasteiger partial charge in [-0.1, -0.05) is 27.7 Å². The lowest BCUT2D eigenvalue weighted by Crippen LogP contribution is -2.55. The van der Waals surface area contributed by atoms with E-state index in [0.717, 1.165) is 0 Å². The average molecular weight is 315 g/mol. The molecule has 5 heteroatoms. The molecule has 0 saturated carbocycles. The number of hydrogen-bond donors (Lipinski definition) is 0. The summed E-state index contributed by atoms with van der Waals surface area (Å²) < 4.78 is 6.65. The molecule has 0 aromatic heterocycles. The molecular weight excluding hydrogens is 287 g/mol. The van der Waals surface area contributed by atoms with Gasteiger partial charge in [-0.05, 0) is 36.3 Å². The molecule has 0 N–H and O–H groups in total. The summed E-state index contributed by atoms with van der Waals surface area (Å²) in [4.78, 5) is 0. The van der Waals surface area contributed by atoms with Crippen molar-refractivity contribution in [1.82, 2.24) is 0 Å². The van der Waals surface area contributed by atoms with E-state index in [1.807, 2.05) is 0 Å².